The van der Waals surface area contributed by atoms with Gasteiger partial charge in [-0.2, -0.15) is 0 Å². The Balaban J connectivity index is 1.53. The maximum Gasteiger partial charge on any atom is 0.305 e. The van der Waals surface area contributed by atoms with Gasteiger partial charge in [-0.15, -0.1) is 0 Å². The van der Waals surface area contributed by atoms with Gasteiger partial charge in [0.25, 0.3) is 5.69 Å². The lowest BCUT2D eigenvalue weighted by molar-refractivity contribution is -0.384. The molecular formula is C25H20N4O5. The van der Waals surface area contributed by atoms with E-state index in [0.29, 0.717) is 16.8 Å². The lowest BCUT2D eigenvalue weighted by Crippen LogP contribution is -2.14. The second-order valence-corrected chi connectivity index (χ2v) is 7.55. The number of anilines is 1. The van der Waals surface area contributed by atoms with Crippen molar-refractivity contribution in [2.24, 2.45) is 0 Å². The number of nitrogens with zero attached hydrogens (tertiary/aromatic N) is 3. The predicted octanol–water partition coefficient (Wildman–Crippen LogP) is 4.66. The number of non-ortho nitro benzene ring substituents is 1. The maximum atomic E-state index is 12.3. The van der Waals surface area contributed by atoms with E-state index < -0.39 is 22.8 Å². The minimum atomic E-state index is -0.921. The number of carbonyl (C=O) groups excluding carboxylic acids is 1. The molecule has 1 atom stereocenters. The standard InChI is InChI=1S/C25H20N4O5/c30-24(12-9-17-5-4-8-20(13-17)29(33)34)27-19-10-11-22-21(14-19)26-16-28(22)23(15-25(31)32)18-6-2-1-3-7-18/h1-14,16,23H,15H2,(H,27,30)(H,31,32). The molecule has 170 valence electrons. The summed E-state index contributed by atoms with van der Waals surface area (Å²) < 4.78 is 1.81. The number of imidazole rings is 1. The highest BCUT2D eigenvalue weighted by atomic mass is 16.6. The minimum Gasteiger partial charge on any atom is -0.481 e. The number of carboxylic acids is 1. The summed E-state index contributed by atoms with van der Waals surface area (Å²) in [6, 6.07) is 20.1. The van der Waals surface area contributed by atoms with E-state index in [9.17, 15) is 24.8 Å². The molecule has 9 heteroatoms. The van der Waals surface area contributed by atoms with Gasteiger partial charge < -0.3 is 15.0 Å². The number of fused-ring (bicyclic) bond motifs is 1. The molecule has 0 aliphatic heterocycles. The Labute approximate surface area is 194 Å². The van der Waals surface area contributed by atoms with Crippen molar-refractivity contribution < 1.29 is 19.6 Å². The van der Waals surface area contributed by atoms with Gasteiger partial charge >= 0.3 is 5.97 Å². The number of benzene rings is 3. The first kappa shape index (κ1) is 22.4. The molecule has 9 nitrogen and oxygen atoms in total. The van der Waals surface area contributed by atoms with Crippen LogP contribution in [0.4, 0.5) is 11.4 Å². The number of carboxylic acid groups (broad SMARTS) is 1. The molecule has 0 bridgehead atoms. The molecule has 1 amide bonds. The lowest BCUT2D eigenvalue weighted by atomic mass is 10.0. The average molecular weight is 456 g/mol. The quantitative estimate of drug-likeness (QED) is 0.225. The van der Waals surface area contributed by atoms with Crippen LogP contribution in [0.3, 0.4) is 0 Å². The van der Waals surface area contributed by atoms with Gasteiger partial charge in [0.1, 0.15) is 0 Å². The van der Waals surface area contributed by atoms with E-state index in [2.05, 4.69) is 10.3 Å². The molecule has 0 radical (unpaired) electrons. The monoisotopic (exact) mass is 456 g/mol. The zero-order valence-electron chi connectivity index (χ0n) is 17.9. The lowest BCUT2D eigenvalue weighted by Gasteiger charge is -2.18. The van der Waals surface area contributed by atoms with E-state index in [-0.39, 0.29) is 12.1 Å². The molecule has 1 unspecified atom stereocenters. The first-order valence-electron chi connectivity index (χ1n) is 10.4. The fraction of sp³-hybridized carbons (Fsp3) is 0.0800. The highest BCUT2D eigenvalue weighted by Gasteiger charge is 2.19. The second kappa shape index (κ2) is 9.78. The first-order chi connectivity index (χ1) is 16.4. The Morgan fingerprint density at radius 3 is 2.62 bits per heavy atom. The molecule has 0 fully saturated rings. The second-order valence-electron chi connectivity index (χ2n) is 7.55. The molecule has 3 aromatic carbocycles. The number of aliphatic carboxylic acids is 1. The van der Waals surface area contributed by atoms with E-state index in [1.54, 1.807) is 36.7 Å². The smallest absolute Gasteiger partial charge is 0.305 e. The van der Waals surface area contributed by atoms with Gasteiger partial charge in [0.05, 0.1) is 34.7 Å². The number of nitro groups is 1. The molecule has 0 aliphatic carbocycles. The third-order valence-electron chi connectivity index (χ3n) is 5.24. The van der Waals surface area contributed by atoms with Crippen LogP contribution in [0.5, 0.6) is 0 Å². The average Bonchev–Trinajstić information content (AvgIpc) is 3.25. The van der Waals surface area contributed by atoms with Crippen LogP contribution in [-0.2, 0) is 9.59 Å². The van der Waals surface area contributed by atoms with Gasteiger partial charge in [-0.05, 0) is 35.4 Å². The summed E-state index contributed by atoms with van der Waals surface area (Å²) in [4.78, 5) is 38.6. The summed E-state index contributed by atoms with van der Waals surface area (Å²) in [5, 5.41) is 23.0. The number of nitro benzene ring substituents is 1. The van der Waals surface area contributed by atoms with Crippen LogP contribution in [0.1, 0.15) is 23.6 Å². The minimum absolute atomic E-state index is 0.0553. The van der Waals surface area contributed by atoms with Crippen molar-refractivity contribution in [3.63, 3.8) is 0 Å². The number of aromatic nitrogens is 2. The Morgan fingerprint density at radius 2 is 1.88 bits per heavy atom. The van der Waals surface area contributed by atoms with E-state index in [4.69, 9.17) is 0 Å². The van der Waals surface area contributed by atoms with E-state index in [1.807, 2.05) is 34.9 Å². The fourth-order valence-corrected chi connectivity index (χ4v) is 3.67. The molecule has 0 saturated heterocycles. The SMILES string of the molecule is O=C(O)CC(c1ccccc1)n1cnc2cc(NC(=O)C=Cc3cccc([N+](=O)[O-])c3)ccc21. The number of hydrogen-bond donors (Lipinski definition) is 2. The Kier molecular flexibility index (Phi) is 6.45. The Bertz CT molecular complexity index is 1390. The normalized spacial score (nSPS) is 12.0. The number of amides is 1. The molecule has 0 aliphatic rings. The fourth-order valence-electron chi connectivity index (χ4n) is 3.67. The third kappa shape index (κ3) is 5.16. The summed E-state index contributed by atoms with van der Waals surface area (Å²) in [6.45, 7) is 0. The van der Waals surface area contributed by atoms with Gasteiger partial charge in [0, 0.05) is 23.9 Å². The van der Waals surface area contributed by atoms with Crippen LogP contribution in [0.15, 0.2) is 85.2 Å². The molecule has 1 heterocycles. The zero-order chi connectivity index (χ0) is 24.1. The summed E-state index contributed by atoms with van der Waals surface area (Å²) >= 11 is 0. The van der Waals surface area contributed by atoms with Gasteiger partial charge in [-0.1, -0.05) is 42.5 Å². The van der Waals surface area contributed by atoms with Crippen LogP contribution in [-0.4, -0.2) is 31.5 Å². The van der Waals surface area contributed by atoms with Crippen LogP contribution in [0, 0.1) is 10.1 Å². The zero-order valence-corrected chi connectivity index (χ0v) is 17.9. The molecular weight excluding hydrogens is 436 g/mol. The van der Waals surface area contributed by atoms with Gasteiger partial charge in [-0.3, -0.25) is 19.7 Å². The largest absolute Gasteiger partial charge is 0.481 e. The van der Waals surface area contributed by atoms with Crippen LogP contribution in [0.25, 0.3) is 17.1 Å². The number of carbonyl (C=O) groups is 2. The first-order valence-corrected chi connectivity index (χ1v) is 10.4. The van der Waals surface area contributed by atoms with Crippen molar-refractivity contribution in [2.45, 2.75) is 12.5 Å². The third-order valence-corrected chi connectivity index (χ3v) is 5.24. The molecule has 2 N–H and O–H groups in total. The van der Waals surface area contributed by atoms with Crippen molar-refractivity contribution in [1.82, 2.24) is 9.55 Å². The van der Waals surface area contributed by atoms with Crippen molar-refractivity contribution in [2.75, 3.05) is 5.32 Å². The van der Waals surface area contributed by atoms with E-state index >= 15 is 0 Å². The summed E-state index contributed by atoms with van der Waals surface area (Å²) in [6.07, 6.45) is 4.28. The molecule has 0 spiro atoms. The van der Waals surface area contributed by atoms with E-state index in [0.717, 1.165) is 11.1 Å². The number of nitrogens with one attached hydrogen (secondary N) is 1. The van der Waals surface area contributed by atoms with Crippen LogP contribution < -0.4 is 5.32 Å². The molecule has 4 aromatic rings. The maximum absolute atomic E-state index is 12.3. The highest BCUT2D eigenvalue weighted by Crippen LogP contribution is 2.28. The van der Waals surface area contributed by atoms with Crippen molar-refractivity contribution >= 4 is 40.4 Å². The molecule has 4 rings (SSSR count). The Hall–Kier alpha value is -4.79. The van der Waals surface area contributed by atoms with Crippen LogP contribution in [0.2, 0.25) is 0 Å². The highest BCUT2D eigenvalue weighted by molar-refractivity contribution is 6.02. The topological polar surface area (TPSA) is 127 Å². The van der Waals surface area contributed by atoms with Crippen molar-refractivity contribution in [3.8, 4) is 0 Å². The molecule has 34 heavy (non-hydrogen) atoms. The van der Waals surface area contributed by atoms with Gasteiger partial charge in [0.15, 0.2) is 0 Å². The number of rotatable bonds is 8. The summed E-state index contributed by atoms with van der Waals surface area (Å²) in [7, 11) is 0. The number of hydrogen-bond acceptors (Lipinski definition) is 5. The van der Waals surface area contributed by atoms with Gasteiger partial charge in [-0.25, -0.2) is 4.98 Å². The summed E-state index contributed by atoms with van der Waals surface area (Å²) in [5.41, 5.74) is 3.19. The van der Waals surface area contributed by atoms with Gasteiger partial charge in [0.2, 0.25) is 5.91 Å². The predicted molar refractivity (Wildman–Crippen MR) is 127 cm³/mol. The van der Waals surface area contributed by atoms with E-state index in [1.165, 1.54) is 24.3 Å². The summed E-state index contributed by atoms with van der Waals surface area (Å²) in [5.74, 6) is -1.33. The Morgan fingerprint density at radius 1 is 1.09 bits per heavy atom. The molecule has 0 saturated carbocycles. The molecule has 1 aromatic heterocycles. The van der Waals surface area contributed by atoms with Crippen LogP contribution >= 0.6 is 0 Å². The van der Waals surface area contributed by atoms with Crippen molar-refractivity contribution in [1.29, 1.82) is 0 Å². The van der Waals surface area contributed by atoms with Crippen molar-refractivity contribution in [3.05, 3.63) is 106 Å².